The summed E-state index contributed by atoms with van der Waals surface area (Å²) >= 11 is 0. The number of nitrogens with one attached hydrogen (secondary N) is 2. The van der Waals surface area contributed by atoms with Crippen LogP contribution in [0.2, 0.25) is 0 Å². The van der Waals surface area contributed by atoms with Crippen molar-refractivity contribution in [1.29, 1.82) is 0 Å². The van der Waals surface area contributed by atoms with Gasteiger partial charge in [-0.1, -0.05) is 12.1 Å². The number of urea groups is 1. The van der Waals surface area contributed by atoms with E-state index in [0.717, 1.165) is 0 Å². The van der Waals surface area contributed by atoms with E-state index in [2.05, 4.69) is 15.4 Å². The molecular weight excluding hydrogens is 305 g/mol. The highest BCUT2D eigenvalue weighted by Crippen LogP contribution is 2.19. The van der Waals surface area contributed by atoms with Crippen LogP contribution < -0.4 is 15.4 Å². The normalized spacial score (nSPS) is 10.9. The Morgan fingerprint density at radius 1 is 1.23 bits per heavy atom. The van der Waals surface area contributed by atoms with Crippen molar-refractivity contribution in [3.8, 4) is 5.75 Å². The van der Waals surface area contributed by atoms with E-state index < -0.39 is 24.8 Å². The average Bonchev–Trinajstić information content (AvgIpc) is 2.42. The van der Waals surface area contributed by atoms with Gasteiger partial charge in [0.15, 0.2) is 6.61 Å². The lowest BCUT2D eigenvalue weighted by Gasteiger charge is -2.11. The van der Waals surface area contributed by atoms with E-state index in [0.29, 0.717) is 5.56 Å². The summed E-state index contributed by atoms with van der Waals surface area (Å²) in [6, 6.07) is 5.30. The van der Waals surface area contributed by atoms with Crippen molar-refractivity contribution in [3.63, 3.8) is 0 Å². The summed E-state index contributed by atoms with van der Waals surface area (Å²) in [6.45, 7) is -1.34. The monoisotopic (exact) mass is 320 g/mol. The van der Waals surface area contributed by atoms with E-state index in [-0.39, 0.29) is 25.3 Å². The molecule has 0 heterocycles. The molecule has 122 valence electrons. The molecular formula is C13H15F3N2O4. The van der Waals surface area contributed by atoms with E-state index >= 15 is 0 Å². The minimum Gasteiger partial charge on any atom is -0.484 e. The Labute approximate surface area is 124 Å². The molecule has 9 heteroatoms. The maximum Gasteiger partial charge on any atom is 0.422 e. The number of rotatable bonds is 7. The number of hydrogen-bond donors (Lipinski definition) is 3. The van der Waals surface area contributed by atoms with Gasteiger partial charge in [-0.15, -0.1) is 0 Å². The summed E-state index contributed by atoms with van der Waals surface area (Å²) in [5, 5.41) is 13.2. The molecule has 0 aliphatic heterocycles. The van der Waals surface area contributed by atoms with Gasteiger partial charge in [-0.05, 0) is 17.7 Å². The molecule has 0 saturated heterocycles. The van der Waals surface area contributed by atoms with Crippen LogP contribution in [0.3, 0.4) is 0 Å². The average molecular weight is 320 g/mol. The number of amides is 2. The molecule has 0 radical (unpaired) electrons. The van der Waals surface area contributed by atoms with Crippen molar-refractivity contribution < 1.29 is 32.6 Å². The standard InChI is InChI=1S/C13H15F3N2O4/c14-13(15,16)8-22-10-3-1-2-9(6-10)7-18-12(21)17-5-4-11(19)20/h1-3,6H,4-5,7-8H2,(H,19,20)(H2,17,18,21). The van der Waals surface area contributed by atoms with Gasteiger partial charge in [0, 0.05) is 13.1 Å². The third kappa shape index (κ3) is 7.98. The first kappa shape index (κ1) is 17.6. The van der Waals surface area contributed by atoms with Crippen LogP contribution in [0.25, 0.3) is 0 Å². The number of halogens is 3. The number of carbonyl (C=O) groups is 2. The summed E-state index contributed by atoms with van der Waals surface area (Å²) in [7, 11) is 0. The lowest BCUT2D eigenvalue weighted by molar-refractivity contribution is -0.153. The van der Waals surface area contributed by atoms with Crippen LogP contribution in [0, 0.1) is 0 Å². The molecule has 0 bridgehead atoms. The molecule has 1 aromatic carbocycles. The van der Waals surface area contributed by atoms with Gasteiger partial charge in [0.2, 0.25) is 0 Å². The Morgan fingerprint density at radius 3 is 2.59 bits per heavy atom. The molecule has 1 aromatic rings. The number of benzene rings is 1. The number of ether oxygens (including phenoxy) is 1. The highest BCUT2D eigenvalue weighted by Gasteiger charge is 2.28. The van der Waals surface area contributed by atoms with E-state index in [1.807, 2.05) is 0 Å². The number of carboxylic acid groups (broad SMARTS) is 1. The van der Waals surface area contributed by atoms with Crippen molar-refractivity contribution in [2.24, 2.45) is 0 Å². The fraction of sp³-hybridized carbons (Fsp3) is 0.385. The molecule has 2 amide bonds. The number of alkyl halides is 3. The Kier molecular flexibility index (Phi) is 6.48. The SMILES string of the molecule is O=C(O)CCNC(=O)NCc1cccc(OCC(F)(F)F)c1. The summed E-state index contributed by atoms with van der Waals surface area (Å²) in [4.78, 5) is 21.6. The minimum absolute atomic E-state index is 0.0180. The number of carbonyl (C=O) groups excluding carboxylic acids is 1. The van der Waals surface area contributed by atoms with Crippen LogP contribution in [-0.4, -0.2) is 36.4 Å². The summed E-state index contributed by atoms with van der Waals surface area (Å²) in [5.74, 6) is -0.988. The van der Waals surface area contributed by atoms with Gasteiger partial charge >= 0.3 is 18.2 Å². The van der Waals surface area contributed by atoms with E-state index in [1.54, 1.807) is 6.07 Å². The van der Waals surface area contributed by atoms with Crippen molar-refractivity contribution >= 4 is 12.0 Å². The molecule has 3 N–H and O–H groups in total. The first-order chi connectivity index (χ1) is 10.3. The largest absolute Gasteiger partial charge is 0.484 e. The summed E-state index contributed by atoms with van der Waals surface area (Å²) in [6.07, 6.45) is -4.62. The first-order valence-electron chi connectivity index (χ1n) is 6.28. The zero-order valence-corrected chi connectivity index (χ0v) is 11.4. The molecule has 0 aromatic heterocycles. The van der Waals surface area contributed by atoms with E-state index in [4.69, 9.17) is 5.11 Å². The van der Waals surface area contributed by atoms with Gasteiger partial charge in [0.1, 0.15) is 5.75 Å². The van der Waals surface area contributed by atoms with Crippen LogP contribution in [0.5, 0.6) is 5.75 Å². The second kappa shape index (κ2) is 8.11. The van der Waals surface area contributed by atoms with Crippen molar-refractivity contribution in [3.05, 3.63) is 29.8 Å². The maximum atomic E-state index is 12.0. The lowest BCUT2D eigenvalue weighted by Crippen LogP contribution is -2.36. The van der Waals surface area contributed by atoms with Crippen LogP contribution >= 0.6 is 0 Å². The fourth-order valence-corrected chi connectivity index (χ4v) is 1.44. The van der Waals surface area contributed by atoms with Gasteiger partial charge in [-0.3, -0.25) is 4.79 Å². The second-order valence-corrected chi connectivity index (χ2v) is 4.30. The molecule has 0 unspecified atom stereocenters. The summed E-state index contributed by atoms with van der Waals surface area (Å²) < 4.78 is 40.7. The highest BCUT2D eigenvalue weighted by molar-refractivity contribution is 5.74. The maximum absolute atomic E-state index is 12.0. The molecule has 6 nitrogen and oxygen atoms in total. The highest BCUT2D eigenvalue weighted by atomic mass is 19.4. The Balaban J connectivity index is 2.39. The fourth-order valence-electron chi connectivity index (χ4n) is 1.44. The number of hydrogen-bond acceptors (Lipinski definition) is 3. The van der Waals surface area contributed by atoms with Crippen molar-refractivity contribution in [1.82, 2.24) is 10.6 Å². The molecule has 0 saturated carbocycles. The third-order valence-corrected chi connectivity index (χ3v) is 2.38. The molecule has 0 spiro atoms. The van der Waals surface area contributed by atoms with Crippen LogP contribution in [0.1, 0.15) is 12.0 Å². The Morgan fingerprint density at radius 2 is 1.95 bits per heavy atom. The molecule has 0 atom stereocenters. The molecule has 0 aliphatic carbocycles. The van der Waals surface area contributed by atoms with Gasteiger partial charge in [0.05, 0.1) is 6.42 Å². The quantitative estimate of drug-likeness (QED) is 0.716. The molecule has 0 aliphatic rings. The zero-order chi connectivity index (χ0) is 16.6. The smallest absolute Gasteiger partial charge is 0.422 e. The predicted octanol–water partition coefficient (Wildman–Crippen LogP) is 1.90. The first-order valence-corrected chi connectivity index (χ1v) is 6.28. The van der Waals surface area contributed by atoms with Gasteiger partial charge in [0.25, 0.3) is 0 Å². The van der Waals surface area contributed by atoms with Crippen LogP contribution in [0.15, 0.2) is 24.3 Å². The predicted molar refractivity (Wildman–Crippen MR) is 70.5 cm³/mol. The Hall–Kier alpha value is -2.45. The zero-order valence-electron chi connectivity index (χ0n) is 11.4. The van der Waals surface area contributed by atoms with E-state index in [1.165, 1.54) is 18.2 Å². The molecule has 22 heavy (non-hydrogen) atoms. The van der Waals surface area contributed by atoms with E-state index in [9.17, 15) is 22.8 Å². The van der Waals surface area contributed by atoms with Crippen molar-refractivity contribution in [2.75, 3.05) is 13.2 Å². The number of carboxylic acids is 1. The minimum atomic E-state index is -4.42. The van der Waals surface area contributed by atoms with Gasteiger partial charge in [-0.25, -0.2) is 4.79 Å². The number of aliphatic carboxylic acids is 1. The van der Waals surface area contributed by atoms with Crippen LogP contribution in [0.4, 0.5) is 18.0 Å². The molecule has 0 fully saturated rings. The van der Waals surface area contributed by atoms with Crippen molar-refractivity contribution in [2.45, 2.75) is 19.1 Å². The second-order valence-electron chi connectivity index (χ2n) is 4.30. The lowest BCUT2D eigenvalue weighted by atomic mass is 10.2. The van der Waals surface area contributed by atoms with Crippen LogP contribution in [-0.2, 0) is 11.3 Å². The topological polar surface area (TPSA) is 87.7 Å². The summed E-state index contributed by atoms with van der Waals surface area (Å²) in [5.41, 5.74) is 0.549. The van der Waals surface area contributed by atoms with Gasteiger partial charge < -0.3 is 20.5 Å². The third-order valence-electron chi connectivity index (χ3n) is 2.38. The van der Waals surface area contributed by atoms with Gasteiger partial charge in [-0.2, -0.15) is 13.2 Å². The Bertz CT molecular complexity index is 520. The molecule has 1 rings (SSSR count).